The van der Waals surface area contributed by atoms with Crippen molar-refractivity contribution in [2.45, 2.75) is 24.8 Å². The van der Waals surface area contributed by atoms with Crippen molar-refractivity contribution in [1.82, 2.24) is 5.32 Å². The fraction of sp³-hybridized carbons (Fsp3) is 0.500. The number of primary sulfonamides is 1. The summed E-state index contributed by atoms with van der Waals surface area (Å²) in [7, 11) is -3.64. The van der Waals surface area contributed by atoms with Crippen LogP contribution in [0.3, 0.4) is 0 Å². The Bertz CT molecular complexity index is 474. The third kappa shape index (κ3) is 4.73. The number of ether oxygens (including phenoxy) is 1. The van der Waals surface area contributed by atoms with E-state index in [-0.39, 0.29) is 10.9 Å². The molecule has 0 saturated heterocycles. The Morgan fingerprint density at radius 1 is 1.44 bits per heavy atom. The Kier molecular flexibility index (Phi) is 5.74. The molecule has 1 unspecified atom stereocenters. The molecule has 0 saturated carbocycles. The largest absolute Gasteiger partial charge is 0.380 e. The van der Waals surface area contributed by atoms with Gasteiger partial charge in [0, 0.05) is 19.2 Å². The normalized spacial score (nSPS) is 13.5. The standard InChI is InChI=1S/C12H20N2O3S/c1-3-17-8-7-14-10(2)11-5-4-6-12(9-11)18(13,15)16/h4-6,9-10,14H,3,7-8H2,1-2H3,(H2,13,15,16). The van der Waals surface area contributed by atoms with Crippen molar-refractivity contribution in [2.75, 3.05) is 19.8 Å². The van der Waals surface area contributed by atoms with Crippen LogP contribution in [0.5, 0.6) is 0 Å². The molecule has 6 heteroatoms. The van der Waals surface area contributed by atoms with Crippen molar-refractivity contribution in [3.8, 4) is 0 Å². The fourth-order valence-electron chi connectivity index (χ4n) is 1.57. The van der Waals surface area contributed by atoms with E-state index in [1.165, 1.54) is 6.07 Å². The van der Waals surface area contributed by atoms with Crippen molar-refractivity contribution in [2.24, 2.45) is 5.14 Å². The molecule has 0 aliphatic rings. The number of nitrogens with one attached hydrogen (secondary N) is 1. The molecule has 0 spiro atoms. The van der Waals surface area contributed by atoms with Crippen LogP contribution in [0.25, 0.3) is 0 Å². The predicted molar refractivity (Wildman–Crippen MR) is 70.7 cm³/mol. The van der Waals surface area contributed by atoms with E-state index in [1.807, 2.05) is 19.9 Å². The maximum absolute atomic E-state index is 11.2. The Morgan fingerprint density at radius 2 is 2.17 bits per heavy atom. The van der Waals surface area contributed by atoms with E-state index in [0.29, 0.717) is 19.8 Å². The highest BCUT2D eigenvalue weighted by atomic mass is 32.2. The van der Waals surface area contributed by atoms with E-state index in [2.05, 4.69) is 5.32 Å². The molecule has 18 heavy (non-hydrogen) atoms. The average Bonchev–Trinajstić information content (AvgIpc) is 2.33. The van der Waals surface area contributed by atoms with Crippen molar-refractivity contribution >= 4 is 10.0 Å². The van der Waals surface area contributed by atoms with Crippen LogP contribution >= 0.6 is 0 Å². The minimum Gasteiger partial charge on any atom is -0.380 e. The van der Waals surface area contributed by atoms with Crippen LogP contribution in [-0.2, 0) is 14.8 Å². The second-order valence-corrected chi connectivity index (χ2v) is 5.55. The Balaban J connectivity index is 2.66. The first kappa shape index (κ1) is 15.1. The van der Waals surface area contributed by atoms with Gasteiger partial charge in [-0.2, -0.15) is 0 Å². The van der Waals surface area contributed by atoms with Gasteiger partial charge in [0.05, 0.1) is 11.5 Å². The second-order valence-electron chi connectivity index (χ2n) is 3.99. The first-order valence-electron chi connectivity index (χ1n) is 5.89. The van der Waals surface area contributed by atoms with E-state index in [1.54, 1.807) is 12.1 Å². The molecule has 3 N–H and O–H groups in total. The molecule has 1 rings (SSSR count). The molecule has 1 aromatic carbocycles. The highest BCUT2D eigenvalue weighted by Crippen LogP contribution is 2.16. The number of hydrogen-bond acceptors (Lipinski definition) is 4. The summed E-state index contributed by atoms with van der Waals surface area (Å²) in [6.45, 7) is 5.95. The van der Waals surface area contributed by atoms with Crippen LogP contribution in [-0.4, -0.2) is 28.2 Å². The number of sulfonamides is 1. The number of hydrogen-bond donors (Lipinski definition) is 2. The van der Waals surface area contributed by atoms with Gasteiger partial charge in [0.2, 0.25) is 10.0 Å². The average molecular weight is 272 g/mol. The van der Waals surface area contributed by atoms with Crippen LogP contribution in [0.4, 0.5) is 0 Å². The summed E-state index contributed by atoms with van der Waals surface area (Å²) in [5.74, 6) is 0. The lowest BCUT2D eigenvalue weighted by atomic mass is 10.1. The van der Waals surface area contributed by atoms with Gasteiger partial charge in [-0.15, -0.1) is 0 Å². The Labute approximate surface area is 108 Å². The minimum absolute atomic E-state index is 0.0483. The molecule has 0 aliphatic carbocycles. The monoisotopic (exact) mass is 272 g/mol. The van der Waals surface area contributed by atoms with E-state index < -0.39 is 10.0 Å². The summed E-state index contributed by atoms with van der Waals surface area (Å²) in [6, 6.07) is 6.69. The van der Waals surface area contributed by atoms with Crippen molar-refractivity contribution in [1.29, 1.82) is 0 Å². The van der Waals surface area contributed by atoms with Crippen LogP contribution in [0.1, 0.15) is 25.5 Å². The predicted octanol–water partition coefficient (Wildman–Crippen LogP) is 1.02. The number of rotatable bonds is 7. The van der Waals surface area contributed by atoms with Crippen molar-refractivity contribution < 1.29 is 13.2 Å². The summed E-state index contributed by atoms with van der Waals surface area (Å²) in [6.07, 6.45) is 0. The van der Waals surface area contributed by atoms with Gasteiger partial charge in [-0.3, -0.25) is 0 Å². The third-order valence-corrected chi connectivity index (χ3v) is 3.50. The summed E-state index contributed by atoms with van der Waals surface area (Å²) >= 11 is 0. The van der Waals surface area contributed by atoms with Crippen LogP contribution < -0.4 is 10.5 Å². The lowest BCUT2D eigenvalue weighted by Crippen LogP contribution is -2.23. The van der Waals surface area contributed by atoms with Gasteiger partial charge in [-0.1, -0.05) is 12.1 Å². The molecule has 0 aliphatic heterocycles. The van der Waals surface area contributed by atoms with Gasteiger partial charge in [-0.25, -0.2) is 13.6 Å². The van der Waals surface area contributed by atoms with Crippen LogP contribution in [0, 0.1) is 0 Å². The number of nitrogens with two attached hydrogens (primary N) is 1. The van der Waals surface area contributed by atoms with E-state index in [9.17, 15) is 8.42 Å². The van der Waals surface area contributed by atoms with Gasteiger partial charge in [0.1, 0.15) is 0 Å². The molecule has 1 aromatic rings. The maximum Gasteiger partial charge on any atom is 0.238 e. The zero-order valence-corrected chi connectivity index (χ0v) is 11.5. The summed E-state index contributed by atoms with van der Waals surface area (Å²) in [4.78, 5) is 0.137. The van der Waals surface area contributed by atoms with E-state index >= 15 is 0 Å². The molecule has 102 valence electrons. The van der Waals surface area contributed by atoms with Crippen molar-refractivity contribution in [3.05, 3.63) is 29.8 Å². The second kappa shape index (κ2) is 6.84. The highest BCUT2D eigenvalue weighted by molar-refractivity contribution is 7.89. The molecular formula is C12H20N2O3S. The Morgan fingerprint density at radius 3 is 2.78 bits per heavy atom. The zero-order valence-electron chi connectivity index (χ0n) is 10.7. The van der Waals surface area contributed by atoms with Gasteiger partial charge in [0.25, 0.3) is 0 Å². The van der Waals surface area contributed by atoms with Crippen LogP contribution in [0.15, 0.2) is 29.2 Å². The SMILES string of the molecule is CCOCCNC(C)c1cccc(S(N)(=O)=O)c1. The lowest BCUT2D eigenvalue weighted by molar-refractivity contribution is 0.147. The molecule has 0 bridgehead atoms. The van der Waals surface area contributed by atoms with Gasteiger partial charge >= 0.3 is 0 Å². The summed E-state index contributed by atoms with van der Waals surface area (Å²) in [5.41, 5.74) is 0.887. The molecule has 5 nitrogen and oxygen atoms in total. The summed E-state index contributed by atoms with van der Waals surface area (Å²) in [5, 5.41) is 8.35. The Hall–Kier alpha value is -0.950. The van der Waals surface area contributed by atoms with Gasteiger partial charge < -0.3 is 10.1 Å². The molecular weight excluding hydrogens is 252 g/mol. The van der Waals surface area contributed by atoms with Gasteiger partial charge in [0.15, 0.2) is 0 Å². The fourth-order valence-corrected chi connectivity index (χ4v) is 2.14. The quantitative estimate of drug-likeness (QED) is 0.726. The number of benzene rings is 1. The molecule has 0 amide bonds. The lowest BCUT2D eigenvalue weighted by Gasteiger charge is -2.14. The first-order chi connectivity index (χ1) is 8.45. The molecule has 0 aromatic heterocycles. The molecule has 0 fully saturated rings. The zero-order chi connectivity index (χ0) is 13.6. The minimum atomic E-state index is -3.64. The summed E-state index contributed by atoms with van der Waals surface area (Å²) < 4.78 is 27.7. The maximum atomic E-state index is 11.2. The smallest absolute Gasteiger partial charge is 0.238 e. The highest BCUT2D eigenvalue weighted by Gasteiger charge is 2.10. The topological polar surface area (TPSA) is 81.4 Å². The molecule has 0 radical (unpaired) electrons. The van der Waals surface area contributed by atoms with Gasteiger partial charge in [-0.05, 0) is 31.5 Å². The molecule has 1 atom stereocenters. The van der Waals surface area contributed by atoms with E-state index in [4.69, 9.17) is 9.88 Å². The van der Waals surface area contributed by atoms with Crippen molar-refractivity contribution in [3.63, 3.8) is 0 Å². The molecule has 0 heterocycles. The van der Waals surface area contributed by atoms with Crippen LogP contribution in [0.2, 0.25) is 0 Å². The van der Waals surface area contributed by atoms with E-state index in [0.717, 1.165) is 5.56 Å². The first-order valence-corrected chi connectivity index (χ1v) is 7.43. The third-order valence-electron chi connectivity index (χ3n) is 2.59.